The van der Waals surface area contributed by atoms with Crippen LogP contribution in [0.1, 0.15) is 32.6 Å². The molecule has 0 radical (unpaired) electrons. The number of rotatable bonds is 6. The van der Waals surface area contributed by atoms with Crippen LogP contribution >= 0.6 is 0 Å². The van der Waals surface area contributed by atoms with Crippen molar-refractivity contribution in [1.29, 1.82) is 0 Å². The van der Waals surface area contributed by atoms with Gasteiger partial charge in [0.15, 0.2) is 6.61 Å². The highest BCUT2D eigenvalue weighted by molar-refractivity contribution is 5.97. The van der Waals surface area contributed by atoms with E-state index in [1.165, 1.54) is 0 Å². The Kier molecular flexibility index (Phi) is 6.71. The lowest BCUT2D eigenvalue weighted by Gasteiger charge is -2.09. The first kappa shape index (κ1) is 20.2. The summed E-state index contributed by atoms with van der Waals surface area (Å²) in [6.07, 6.45) is 0. The minimum atomic E-state index is -0.678. The second-order valence-corrected chi connectivity index (χ2v) is 6.57. The van der Waals surface area contributed by atoms with Crippen molar-refractivity contribution in [2.24, 2.45) is 0 Å². The van der Waals surface area contributed by atoms with Crippen molar-refractivity contribution in [1.82, 2.24) is 5.32 Å². The second-order valence-electron chi connectivity index (χ2n) is 6.57. The summed E-state index contributed by atoms with van der Waals surface area (Å²) >= 11 is 0. The number of carbonyl (C=O) groups is 3. The summed E-state index contributed by atoms with van der Waals surface area (Å²) in [5.74, 6) is -1.48. The van der Waals surface area contributed by atoms with Crippen LogP contribution in [0, 0.1) is 27.7 Å². The number of benzene rings is 2. The number of esters is 1. The molecule has 0 aliphatic carbocycles. The summed E-state index contributed by atoms with van der Waals surface area (Å²) in [7, 11) is 0. The van der Waals surface area contributed by atoms with E-state index in [9.17, 15) is 14.4 Å². The molecule has 2 N–H and O–H groups in total. The standard InChI is InChI=1S/C21H24N2O4/c1-13-7-14(2)9-17(8-13)21(26)22-11-20(25)27-12-19(24)23-18-6-5-15(3)16(4)10-18/h5-10H,11-12H2,1-4H3,(H,22,26)(H,23,24). The molecule has 27 heavy (non-hydrogen) atoms. The molecule has 0 aromatic heterocycles. The highest BCUT2D eigenvalue weighted by atomic mass is 16.5. The smallest absolute Gasteiger partial charge is 0.325 e. The molecule has 6 nitrogen and oxygen atoms in total. The SMILES string of the molecule is Cc1cc(C)cc(C(=O)NCC(=O)OCC(=O)Nc2ccc(C)c(C)c2)c1. The molecule has 0 spiro atoms. The molecule has 0 saturated heterocycles. The Morgan fingerprint density at radius 2 is 1.56 bits per heavy atom. The molecule has 0 heterocycles. The van der Waals surface area contributed by atoms with Gasteiger partial charge in [-0.2, -0.15) is 0 Å². The summed E-state index contributed by atoms with van der Waals surface area (Å²) in [5.41, 5.74) is 5.23. The zero-order chi connectivity index (χ0) is 20.0. The van der Waals surface area contributed by atoms with Crippen LogP contribution in [0.3, 0.4) is 0 Å². The maximum absolute atomic E-state index is 12.1. The van der Waals surface area contributed by atoms with E-state index in [2.05, 4.69) is 10.6 Å². The van der Waals surface area contributed by atoms with Gasteiger partial charge in [-0.3, -0.25) is 14.4 Å². The van der Waals surface area contributed by atoms with Crippen LogP contribution < -0.4 is 10.6 Å². The average molecular weight is 368 g/mol. The first-order valence-electron chi connectivity index (χ1n) is 8.64. The third-order valence-corrected chi connectivity index (χ3v) is 4.03. The normalized spacial score (nSPS) is 10.2. The third-order valence-electron chi connectivity index (χ3n) is 4.03. The number of hydrogen-bond donors (Lipinski definition) is 2. The number of nitrogens with one attached hydrogen (secondary N) is 2. The maximum atomic E-state index is 12.1. The van der Waals surface area contributed by atoms with Gasteiger partial charge >= 0.3 is 5.97 Å². The van der Waals surface area contributed by atoms with Crippen molar-refractivity contribution in [3.8, 4) is 0 Å². The Balaban J connectivity index is 1.77. The first-order valence-corrected chi connectivity index (χ1v) is 8.64. The fourth-order valence-corrected chi connectivity index (χ4v) is 2.57. The Bertz CT molecular complexity index is 854. The number of anilines is 1. The van der Waals surface area contributed by atoms with Gasteiger partial charge in [0.25, 0.3) is 11.8 Å². The van der Waals surface area contributed by atoms with E-state index in [0.717, 1.165) is 22.3 Å². The molecule has 2 rings (SSSR count). The van der Waals surface area contributed by atoms with Crippen LogP contribution in [0.2, 0.25) is 0 Å². The van der Waals surface area contributed by atoms with E-state index in [-0.39, 0.29) is 12.5 Å². The number of ether oxygens (including phenoxy) is 1. The van der Waals surface area contributed by atoms with E-state index in [1.807, 2.05) is 45.9 Å². The third kappa shape index (κ3) is 6.26. The van der Waals surface area contributed by atoms with Gasteiger partial charge in [-0.15, -0.1) is 0 Å². The summed E-state index contributed by atoms with van der Waals surface area (Å²) in [4.78, 5) is 35.7. The molecule has 0 aliphatic heterocycles. The highest BCUT2D eigenvalue weighted by Gasteiger charge is 2.12. The molecule has 0 atom stereocenters. The van der Waals surface area contributed by atoms with Gasteiger partial charge in [0, 0.05) is 11.3 Å². The van der Waals surface area contributed by atoms with Crippen LogP contribution in [0.25, 0.3) is 0 Å². The molecular weight excluding hydrogens is 344 g/mol. The predicted molar refractivity (Wildman–Crippen MR) is 104 cm³/mol. The first-order chi connectivity index (χ1) is 12.7. The zero-order valence-corrected chi connectivity index (χ0v) is 16.0. The van der Waals surface area contributed by atoms with Crippen molar-refractivity contribution in [2.75, 3.05) is 18.5 Å². The summed E-state index contributed by atoms with van der Waals surface area (Å²) in [5, 5.41) is 5.16. The topological polar surface area (TPSA) is 84.5 Å². The molecule has 2 amide bonds. The second kappa shape index (κ2) is 8.98. The summed E-state index contributed by atoms with van der Waals surface area (Å²) < 4.78 is 4.90. The minimum Gasteiger partial charge on any atom is -0.454 e. The van der Waals surface area contributed by atoms with Crippen molar-refractivity contribution in [2.45, 2.75) is 27.7 Å². The molecule has 0 fully saturated rings. The highest BCUT2D eigenvalue weighted by Crippen LogP contribution is 2.14. The molecule has 2 aromatic rings. The van der Waals surface area contributed by atoms with E-state index in [4.69, 9.17) is 4.74 Å². The van der Waals surface area contributed by atoms with Crippen LogP contribution in [0.15, 0.2) is 36.4 Å². The number of hydrogen-bond acceptors (Lipinski definition) is 4. The molecule has 2 aromatic carbocycles. The quantitative estimate of drug-likeness (QED) is 0.768. The predicted octanol–water partition coefficient (Wildman–Crippen LogP) is 2.83. The van der Waals surface area contributed by atoms with Crippen LogP contribution in [-0.2, 0) is 14.3 Å². The number of amides is 2. The van der Waals surface area contributed by atoms with Crippen molar-refractivity contribution < 1.29 is 19.1 Å². The average Bonchev–Trinajstić information content (AvgIpc) is 2.60. The number of carbonyl (C=O) groups excluding carboxylic acids is 3. The van der Waals surface area contributed by atoms with E-state index < -0.39 is 18.5 Å². The van der Waals surface area contributed by atoms with Gasteiger partial charge in [-0.1, -0.05) is 23.3 Å². The summed E-state index contributed by atoms with van der Waals surface area (Å²) in [6, 6.07) is 11.0. The van der Waals surface area contributed by atoms with Gasteiger partial charge in [-0.05, 0) is 63.1 Å². The van der Waals surface area contributed by atoms with Gasteiger partial charge in [0.2, 0.25) is 0 Å². The molecule has 0 unspecified atom stereocenters. The van der Waals surface area contributed by atoms with Gasteiger partial charge in [-0.25, -0.2) is 0 Å². The van der Waals surface area contributed by atoms with Crippen molar-refractivity contribution in [3.63, 3.8) is 0 Å². The zero-order valence-electron chi connectivity index (χ0n) is 16.0. The lowest BCUT2D eigenvalue weighted by molar-refractivity contribution is -0.146. The Labute approximate surface area is 158 Å². The van der Waals surface area contributed by atoms with Crippen LogP contribution in [0.4, 0.5) is 5.69 Å². The molecule has 0 aliphatic rings. The lowest BCUT2D eigenvalue weighted by atomic mass is 10.1. The van der Waals surface area contributed by atoms with Crippen LogP contribution in [0.5, 0.6) is 0 Å². The molecule has 0 bridgehead atoms. The van der Waals surface area contributed by atoms with E-state index in [1.54, 1.807) is 18.2 Å². The van der Waals surface area contributed by atoms with Crippen molar-refractivity contribution in [3.05, 3.63) is 64.2 Å². The lowest BCUT2D eigenvalue weighted by Crippen LogP contribution is -2.32. The van der Waals surface area contributed by atoms with Gasteiger partial charge in [0.05, 0.1) is 0 Å². The maximum Gasteiger partial charge on any atom is 0.325 e. The van der Waals surface area contributed by atoms with Gasteiger partial charge < -0.3 is 15.4 Å². The Morgan fingerprint density at radius 3 is 2.19 bits per heavy atom. The molecular formula is C21H24N2O4. The number of aryl methyl sites for hydroxylation is 4. The van der Waals surface area contributed by atoms with Crippen molar-refractivity contribution >= 4 is 23.5 Å². The summed E-state index contributed by atoms with van der Waals surface area (Å²) in [6.45, 7) is 7.00. The Hall–Kier alpha value is -3.15. The van der Waals surface area contributed by atoms with E-state index >= 15 is 0 Å². The fourth-order valence-electron chi connectivity index (χ4n) is 2.57. The van der Waals surface area contributed by atoms with Gasteiger partial charge in [0.1, 0.15) is 6.54 Å². The molecule has 0 saturated carbocycles. The molecule has 6 heteroatoms. The van der Waals surface area contributed by atoms with Crippen LogP contribution in [-0.4, -0.2) is 30.9 Å². The fraction of sp³-hybridized carbons (Fsp3) is 0.286. The Morgan fingerprint density at radius 1 is 0.889 bits per heavy atom. The largest absolute Gasteiger partial charge is 0.454 e. The van der Waals surface area contributed by atoms with E-state index in [0.29, 0.717) is 11.3 Å². The minimum absolute atomic E-state index is 0.303. The molecule has 142 valence electrons. The monoisotopic (exact) mass is 368 g/mol.